The number of carbonyl (C=O) groups is 1. The van der Waals surface area contributed by atoms with Crippen LogP contribution in [-0.2, 0) is 11.2 Å². The van der Waals surface area contributed by atoms with Gasteiger partial charge in [-0.3, -0.25) is 4.79 Å². The average molecular weight is 315 g/mol. The first-order chi connectivity index (χ1) is 11.0. The van der Waals surface area contributed by atoms with Crippen LogP contribution in [-0.4, -0.2) is 41.5 Å². The first-order valence-electron chi connectivity index (χ1n) is 8.88. The fourth-order valence-electron chi connectivity index (χ4n) is 3.77. The molecular weight excluding hydrogens is 286 g/mol. The van der Waals surface area contributed by atoms with E-state index in [2.05, 4.69) is 34.5 Å². The fraction of sp³-hybridized carbons (Fsp3) is 0.632. The highest BCUT2D eigenvalue weighted by atomic mass is 16.2. The molecule has 4 nitrogen and oxygen atoms in total. The van der Waals surface area contributed by atoms with Gasteiger partial charge in [-0.1, -0.05) is 44.2 Å². The van der Waals surface area contributed by atoms with Crippen LogP contribution in [0, 0.1) is 5.92 Å². The van der Waals surface area contributed by atoms with Gasteiger partial charge in [-0.15, -0.1) is 0 Å². The molecule has 1 saturated heterocycles. The van der Waals surface area contributed by atoms with Gasteiger partial charge in [0.2, 0.25) is 5.91 Å². The molecule has 1 aliphatic carbocycles. The van der Waals surface area contributed by atoms with Crippen LogP contribution in [0.1, 0.15) is 38.7 Å². The van der Waals surface area contributed by atoms with Crippen molar-refractivity contribution in [3.05, 3.63) is 35.9 Å². The molecule has 4 heteroatoms. The van der Waals surface area contributed by atoms with Crippen LogP contribution in [0.15, 0.2) is 30.3 Å². The quantitative estimate of drug-likeness (QED) is 0.843. The summed E-state index contributed by atoms with van der Waals surface area (Å²) >= 11 is 0. The second-order valence-electron chi connectivity index (χ2n) is 7.44. The summed E-state index contributed by atoms with van der Waals surface area (Å²) in [7, 11) is 0. The highest BCUT2D eigenvalue weighted by Gasteiger charge is 2.59. The largest absolute Gasteiger partial charge is 0.336 e. The third kappa shape index (κ3) is 3.43. The zero-order chi connectivity index (χ0) is 16.4. The highest BCUT2D eigenvalue weighted by molar-refractivity contribution is 5.83. The number of nitrogens with zero attached hydrogens (tertiary/aromatic N) is 1. The Morgan fingerprint density at radius 1 is 1.39 bits per heavy atom. The lowest BCUT2D eigenvalue weighted by Gasteiger charge is -2.29. The van der Waals surface area contributed by atoms with E-state index in [0.717, 1.165) is 25.9 Å². The number of nitrogens with one attached hydrogen (secondary N) is 1. The lowest BCUT2D eigenvalue weighted by atomic mass is 10.0. The second kappa shape index (κ2) is 6.62. The molecule has 0 bridgehead atoms. The van der Waals surface area contributed by atoms with Crippen molar-refractivity contribution in [3.8, 4) is 0 Å². The monoisotopic (exact) mass is 315 g/mol. The maximum Gasteiger partial charge on any atom is 0.240 e. The SMILES string of the molecule is CC(C)[C@@H](N)C(=O)N(CCc1ccccc1)C1CC12CCCN2. The summed E-state index contributed by atoms with van der Waals surface area (Å²) in [4.78, 5) is 15.0. The predicted octanol–water partition coefficient (Wildman–Crippen LogP) is 1.94. The Bertz CT molecular complexity index is 537. The Morgan fingerprint density at radius 3 is 2.74 bits per heavy atom. The summed E-state index contributed by atoms with van der Waals surface area (Å²) in [5.41, 5.74) is 7.63. The predicted molar refractivity (Wildman–Crippen MR) is 93.0 cm³/mol. The van der Waals surface area contributed by atoms with Crippen molar-refractivity contribution in [3.63, 3.8) is 0 Å². The molecule has 1 spiro atoms. The Hall–Kier alpha value is -1.39. The molecule has 23 heavy (non-hydrogen) atoms. The van der Waals surface area contributed by atoms with Crippen molar-refractivity contribution in [2.24, 2.45) is 11.7 Å². The molecule has 3 atom stereocenters. The third-order valence-corrected chi connectivity index (χ3v) is 5.46. The Kier molecular flexibility index (Phi) is 4.74. The van der Waals surface area contributed by atoms with Crippen molar-refractivity contribution < 1.29 is 4.79 Å². The fourth-order valence-corrected chi connectivity index (χ4v) is 3.77. The number of hydrogen-bond donors (Lipinski definition) is 2. The normalized spacial score (nSPS) is 27.4. The average Bonchev–Trinajstić information content (AvgIpc) is 3.02. The van der Waals surface area contributed by atoms with Gasteiger partial charge in [-0.2, -0.15) is 0 Å². The summed E-state index contributed by atoms with van der Waals surface area (Å²) in [6.07, 6.45) is 4.37. The van der Waals surface area contributed by atoms with Gasteiger partial charge >= 0.3 is 0 Å². The molecular formula is C19H29N3O. The minimum Gasteiger partial charge on any atom is -0.336 e. The summed E-state index contributed by atoms with van der Waals surface area (Å²) in [5, 5.41) is 3.62. The molecule has 126 valence electrons. The Morgan fingerprint density at radius 2 is 2.13 bits per heavy atom. The smallest absolute Gasteiger partial charge is 0.240 e. The summed E-state index contributed by atoms with van der Waals surface area (Å²) < 4.78 is 0. The highest BCUT2D eigenvalue weighted by Crippen LogP contribution is 2.47. The van der Waals surface area contributed by atoms with Gasteiger partial charge in [-0.25, -0.2) is 0 Å². The van der Waals surface area contributed by atoms with Crippen molar-refractivity contribution in [2.45, 2.75) is 57.2 Å². The van der Waals surface area contributed by atoms with Crippen LogP contribution < -0.4 is 11.1 Å². The van der Waals surface area contributed by atoms with Gasteiger partial charge in [0.25, 0.3) is 0 Å². The molecule has 1 saturated carbocycles. The van der Waals surface area contributed by atoms with E-state index in [1.165, 1.54) is 18.4 Å². The molecule has 3 rings (SSSR count). The molecule has 1 aromatic carbocycles. The van der Waals surface area contributed by atoms with Crippen LogP contribution in [0.2, 0.25) is 0 Å². The molecule has 3 N–H and O–H groups in total. The van der Waals surface area contributed by atoms with Crippen molar-refractivity contribution in [2.75, 3.05) is 13.1 Å². The maximum atomic E-state index is 12.9. The maximum absolute atomic E-state index is 12.9. The topological polar surface area (TPSA) is 58.4 Å². The number of amides is 1. The minimum absolute atomic E-state index is 0.117. The molecule has 0 radical (unpaired) electrons. The van der Waals surface area contributed by atoms with E-state index in [9.17, 15) is 4.79 Å². The lowest BCUT2D eigenvalue weighted by molar-refractivity contribution is -0.134. The number of rotatable bonds is 6. The Labute approximate surface area is 139 Å². The molecule has 1 amide bonds. The molecule has 2 aliphatic rings. The van der Waals surface area contributed by atoms with E-state index in [1.54, 1.807) is 0 Å². The number of nitrogens with two attached hydrogens (primary N) is 1. The molecule has 2 fully saturated rings. The zero-order valence-electron chi connectivity index (χ0n) is 14.3. The van der Waals surface area contributed by atoms with Gasteiger partial charge in [0.1, 0.15) is 0 Å². The lowest BCUT2D eigenvalue weighted by Crippen LogP contribution is -2.50. The van der Waals surface area contributed by atoms with Crippen molar-refractivity contribution >= 4 is 5.91 Å². The molecule has 2 unspecified atom stereocenters. The molecule has 0 aromatic heterocycles. The van der Waals surface area contributed by atoms with Crippen molar-refractivity contribution in [1.29, 1.82) is 0 Å². The third-order valence-electron chi connectivity index (χ3n) is 5.46. The van der Waals surface area contributed by atoms with E-state index in [1.807, 2.05) is 19.9 Å². The summed E-state index contributed by atoms with van der Waals surface area (Å²) in [6, 6.07) is 10.3. The van der Waals surface area contributed by atoms with E-state index < -0.39 is 6.04 Å². The Balaban J connectivity index is 1.70. The number of hydrogen-bond acceptors (Lipinski definition) is 3. The first kappa shape index (κ1) is 16.5. The van der Waals surface area contributed by atoms with Crippen LogP contribution in [0.4, 0.5) is 0 Å². The van der Waals surface area contributed by atoms with Gasteiger partial charge < -0.3 is 16.0 Å². The van der Waals surface area contributed by atoms with Gasteiger partial charge in [0.05, 0.1) is 12.1 Å². The standard InChI is InChI=1S/C19H29N3O/c1-14(2)17(20)18(23)22(12-9-15-7-4-3-5-8-15)16-13-19(16)10-6-11-21-19/h3-5,7-8,14,16-17,21H,6,9-13,20H2,1-2H3/t16?,17-,19?/m1/s1. The minimum atomic E-state index is -0.398. The second-order valence-corrected chi connectivity index (χ2v) is 7.44. The van der Waals surface area contributed by atoms with Crippen LogP contribution in [0.3, 0.4) is 0 Å². The summed E-state index contributed by atoms with van der Waals surface area (Å²) in [5.74, 6) is 0.291. The van der Waals surface area contributed by atoms with Crippen LogP contribution in [0.5, 0.6) is 0 Å². The molecule has 1 heterocycles. The van der Waals surface area contributed by atoms with E-state index in [4.69, 9.17) is 5.73 Å². The first-order valence-corrected chi connectivity index (χ1v) is 8.88. The molecule has 1 aromatic rings. The van der Waals surface area contributed by atoms with Crippen LogP contribution >= 0.6 is 0 Å². The summed E-state index contributed by atoms with van der Waals surface area (Å²) in [6.45, 7) is 5.88. The van der Waals surface area contributed by atoms with E-state index >= 15 is 0 Å². The number of benzene rings is 1. The van der Waals surface area contributed by atoms with Crippen LogP contribution in [0.25, 0.3) is 0 Å². The van der Waals surface area contributed by atoms with E-state index in [-0.39, 0.29) is 17.4 Å². The molecule has 1 aliphatic heterocycles. The zero-order valence-corrected chi connectivity index (χ0v) is 14.3. The van der Waals surface area contributed by atoms with Gasteiger partial charge in [0.15, 0.2) is 0 Å². The van der Waals surface area contributed by atoms with Gasteiger partial charge in [0, 0.05) is 12.1 Å². The van der Waals surface area contributed by atoms with Gasteiger partial charge in [-0.05, 0) is 43.7 Å². The number of carbonyl (C=O) groups excluding carboxylic acids is 1. The van der Waals surface area contributed by atoms with Crippen molar-refractivity contribution in [1.82, 2.24) is 10.2 Å². The van der Waals surface area contributed by atoms with E-state index in [0.29, 0.717) is 6.04 Å².